The first kappa shape index (κ1) is 11.2. The molecule has 1 aliphatic carbocycles. The second-order valence-corrected chi connectivity index (χ2v) is 4.78. The van der Waals surface area contributed by atoms with Crippen LogP contribution in [0.1, 0.15) is 18.4 Å². The third kappa shape index (κ3) is 1.99. The maximum Gasteiger partial charge on any atom is 0.150 e. The van der Waals surface area contributed by atoms with Gasteiger partial charge in [0.05, 0.1) is 10.0 Å². The van der Waals surface area contributed by atoms with Crippen LogP contribution < -0.4 is 5.73 Å². The first-order valence-corrected chi connectivity index (χ1v) is 5.68. The van der Waals surface area contributed by atoms with Gasteiger partial charge >= 0.3 is 0 Å². The van der Waals surface area contributed by atoms with Crippen LogP contribution in [0.4, 0.5) is 4.39 Å². The molecule has 1 saturated carbocycles. The molecule has 1 aromatic rings. The molecule has 1 unspecified atom stereocenters. The zero-order valence-corrected chi connectivity index (χ0v) is 9.65. The van der Waals surface area contributed by atoms with Gasteiger partial charge in [0.1, 0.15) is 0 Å². The summed E-state index contributed by atoms with van der Waals surface area (Å²) in [6.45, 7) is -0.00434. The smallest absolute Gasteiger partial charge is 0.150 e. The Balaban J connectivity index is 2.38. The molecule has 1 nitrogen and oxygen atoms in total. The van der Waals surface area contributed by atoms with Crippen molar-refractivity contribution in [3.63, 3.8) is 0 Å². The van der Waals surface area contributed by atoms with Crippen LogP contribution in [0.2, 0.25) is 10.0 Å². The highest BCUT2D eigenvalue weighted by atomic mass is 35.5. The largest absolute Gasteiger partial charge is 0.327 e. The second kappa shape index (κ2) is 3.93. The molecule has 0 aliphatic heterocycles. The predicted octanol–water partition coefficient (Wildman–Crippen LogP) is 3.53. The first-order chi connectivity index (χ1) is 7.08. The Morgan fingerprint density at radius 2 is 2.00 bits per heavy atom. The summed E-state index contributed by atoms with van der Waals surface area (Å²) in [6.07, 6.45) is 1.79. The van der Waals surface area contributed by atoms with E-state index in [1.807, 2.05) is 0 Å². The molecule has 82 valence electrons. The van der Waals surface area contributed by atoms with E-state index in [-0.39, 0.29) is 12.5 Å². The number of rotatable bonds is 3. The topological polar surface area (TPSA) is 26.0 Å². The summed E-state index contributed by atoms with van der Waals surface area (Å²) < 4.78 is 14.5. The van der Waals surface area contributed by atoms with Gasteiger partial charge in [-0.25, -0.2) is 4.39 Å². The van der Waals surface area contributed by atoms with Gasteiger partial charge in [-0.05, 0) is 36.5 Å². The van der Waals surface area contributed by atoms with Crippen LogP contribution in [-0.4, -0.2) is 6.54 Å². The molecule has 0 aromatic heterocycles. The molecule has 0 heterocycles. The van der Waals surface area contributed by atoms with Crippen LogP contribution in [0.3, 0.4) is 0 Å². The highest BCUT2D eigenvalue weighted by Gasteiger charge is 2.46. The zero-order valence-electron chi connectivity index (χ0n) is 8.14. The van der Waals surface area contributed by atoms with Crippen molar-refractivity contribution in [2.75, 3.05) is 6.54 Å². The number of halogens is 3. The highest BCUT2D eigenvalue weighted by molar-refractivity contribution is 6.42. The van der Waals surface area contributed by atoms with Crippen molar-refractivity contribution < 1.29 is 4.39 Å². The lowest BCUT2D eigenvalue weighted by Crippen LogP contribution is -2.32. The third-order valence-corrected chi connectivity index (χ3v) is 3.66. The molecule has 1 fully saturated rings. The first-order valence-electron chi connectivity index (χ1n) is 4.92. The lowest BCUT2D eigenvalue weighted by Gasteiger charge is -2.24. The van der Waals surface area contributed by atoms with Crippen LogP contribution in [0.25, 0.3) is 0 Å². The summed E-state index contributed by atoms with van der Waals surface area (Å²) in [5.41, 5.74) is 4.62. The van der Waals surface area contributed by atoms with Gasteiger partial charge in [0.2, 0.25) is 0 Å². The quantitative estimate of drug-likeness (QED) is 0.869. The number of nitrogens with two attached hydrogens (primary N) is 1. The van der Waals surface area contributed by atoms with Crippen molar-refractivity contribution in [2.45, 2.75) is 18.5 Å². The van der Waals surface area contributed by atoms with Gasteiger partial charge in [0, 0.05) is 6.54 Å². The maximum atomic E-state index is 14.5. The number of hydrogen-bond donors (Lipinski definition) is 1. The number of benzene rings is 1. The summed E-state index contributed by atoms with van der Waals surface area (Å²) in [6, 6.07) is 4.86. The number of alkyl halides is 1. The Morgan fingerprint density at radius 1 is 1.33 bits per heavy atom. The zero-order chi connectivity index (χ0) is 11.1. The average molecular weight is 248 g/mol. The summed E-state index contributed by atoms with van der Waals surface area (Å²) in [5, 5.41) is 0.820. The van der Waals surface area contributed by atoms with Gasteiger partial charge in [0.15, 0.2) is 5.67 Å². The number of hydrogen-bond acceptors (Lipinski definition) is 1. The predicted molar refractivity (Wildman–Crippen MR) is 61.0 cm³/mol. The monoisotopic (exact) mass is 247 g/mol. The molecule has 2 N–H and O–H groups in total. The van der Waals surface area contributed by atoms with E-state index in [4.69, 9.17) is 28.9 Å². The summed E-state index contributed by atoms with van der Waals surface area (Å²) >= 11 is 11.6. The van der Waals surface area contributed by atoms with Crippen LogP contribution in [0.5, 0.6) is 0 Å². The van der Waals surface area contributed by atoms with E-state index in [1.54, 1.807) is 18.2 Å². The molecule has 0 bridgehead atoms. The molecule has 1 aliphatic rings. The van der Waals surface area contributed by atoms with Gasteiger partial charge in [0.25, 0.3) is 0 Å². The van der Waals surface area contributed by atoms with Crippen molar-refractivity contribution in [1.82, 2.24) is 0 Å². The van der Waals surface area contributed by atoms with Crippen LogP contribution in [0, 0.1) is 5.92 Å². The van der Waals surface area contributed by atoms with E-state index in [1.165, 1.54) is 0 Å². The Bertz CT molecular complexity index is 379. The lowest BCUT2D eigenvalue weighted by molar-refractivity contribution is 0.143. The molecule has 0 amide bonds. The minimum absolute atomic E-state index is 0.00434. The van der Waals surface area contributed by atoms with E-state index in [0.717, 1.165) is 12.8 Å². The lowest BCUT2D eigenvalue weighted by atomic mass is 9.91. The highest BCUT2D eigenvalue weighted by Crippen LogP contribution is 2.48. The van der Waals surface area contributed by atoms with Gasteiger partial charge < -0.3 is 5.73 Å². The Morgan fingerprint density at radius 3 is 2.47 bits per heavy atom. The Hall–Kier alpha value is -0.310. The van der Waals surface area contributed by atoms with E-state index in [9.17, 15) is 4.39 Å². The summed E-state index contributed by atoms with van der Waals surface area (Å²) in [4.78, 5) is 0. The summed E-state index contributed by atoms with van der Waals surface area (Å²) in [7, 11) is 0. The third-order valence-electron chi connectivity index (χ3n) is 2.92. The SMILES string of the molecule is NCC(F)(c1ccc(Cl)c(Cl)c1)C1CC1. The molecule has 0 spiro atoms. The molecular formula is C11H12Cl2FN. The Kier molecular flexibility index (Phi) is 2.93. The fourth-order valence-corrected chi connectivity index (χ4v) is 2.11. The van der Waals surface area contributed by atoms with E-state index in [0.29, 0.717) is 15.6 Å². The van der Waals surface area contributed by atoms with Crippen molar-refractivity contribution >= 4 is 23.2 Å². The molecule has 1 aromatic carbocycles. The fraction of sp³-hybridized carbons (Fsp3) is 0.455. The molecule has 0 saturated heterocycles. The van der Waals surface area contributed by atoms with Crippen molar-refractivity contribution in [3.8, 4) is 0 Å². The van der Waals surface area contributed by atoms with Gasteiger partial charge in [-0.3, -0.25) is 0 Å². The van der Waals surface area contributed by atoms with Gasteiger partial charge in [-0.1, -0.05) is 29.3 Å². The molecule has 2 rings (SSSR count). The van der Waals surface area contributed by atoms with E-state index in [2.05, 4.69) is 0 Å². The fourth-order valence-electron chi connectivity index (χ4n) is 1.82. The molecular weight excluding hydrogens is 236 g/mol. The van der Waals surface area contributed by atoms with E-state index >= 15 is 0 Å². The Labute approximate surface area is 98.4 Å². The maximum absolute atomic E-state index is 14.5. The molecule has 0 radical (unpaired) electrons. The van der Waals surface area contributed by atoms with Crippen molar-refractivity contribution in [3.05, 3.63) is 33.8 Å². The minimum atomic E-state index is -1.44. The normalized spacial score (nSPS) is 20.0. The van der Waals surface area contributed by atoms with Crippen LogP contribution in [0.15, 0.2) is 18.2 Å². The molecule has 15 heavy (non-hydrogen) atoms. The van der Waals surface area contributed by atoms with Crippen molar-refractivity contribution in [2.24, 2.45) is 11.7 Å². The van der Waals surface area contributed by atoms with E-state index < -0.39 is 5.67 Å². The van der Waals surface area contributed by atoms with Crippen LogP contribution in [-0.2, 0) is 5.67 Å². The minimum Gasteiger partial charge on any atom is -0.327 e. The molecule has 1 atom stereocenters. The van der Waals surface area contributed by atoms with Crippen molar-refractivity contribution in [1.29, 1.82) is 0 Å². The van der Waals surface area contributed by atoms with Crippen LogP contribution >= 0.6 is 23.2 Å². The standard InChI is InChI=1S/C11H12Cl2FN/c12-9-4-3-8(5-10(9)13)11(14,6-15)7-1-2-7/h3-5,7H,1-2,6,15H2. The van der Waals surface area contributed by atoms with Gasteiger partial charge in [-0.15, -0.1) is 0 Å². The molecule has 4 heteroatoms. The summed E-state index contributed by atoms with van der Waals surface area (Å²) in [5.74, 6) is 0.0414. The van der Waals surface area contributed by atoms with Gasteiger partial charge in [-0.2, -0.15) is 0 Å². The average Bonchev–Trinajstić information content (AvgIpc) is 3.04. The second-order valence-electron chi connectivity index (χ2n) is 3.97.